The fraction of sp³-hybridized carbons (Fsp3) is 0.211. The van der Waals surface area contributed by atoms with Crippen molar-refractivity contribution in [2.24, 2.45) is 0 Å². The van der Waals surface area contributed by atoms with Crippen LogP contribution in [0.5, 0.6) is 5.88 Å². The molecule has 138 valence electrons. The molecule has 0 spiro atoms. The number of nitrogens with zero attached hydrogens (tertiary/aromatic N) is 3. The number of hydrogen-bond acceptors (Lipinski definition) is 6. The van der Waals surface area contributed by atoms with Crippen LogP contribution in [-0.4, -0.2) is 20.9 Å². The number of hydrogen-bond donors (Lipinski definition) is 1. The molecule has 4 rings (SSSR count). The zero-order valence-electron chi connectivity index (χ0n) is 14.4. The summed E-state index contributed by atoms with van der Waals surface area (Å²) in [5.74, 6) is 1.36. The number of fused-ring (bicyclic) bond motifs is 3. The van der Waals surface area contributed by atoms with Crippen molar-refractivity contribution in [3.63, 3.8) is 0 Å². The molecule has 27 heavy (non-hydrogen) atoms. The summed E-state index contributed by atoms with van der Waals surface area (Å²) in [6.45, 7) is 2.11. The Hall–Kier alpha value is -2.02. The lowest BCUT2D eigenvalue weighted by Gasteiger charge is -2.19. The molecule has 1 atom stereocenters. The summed E-state index contributed by atoms with van der Waals surface area (Å²) in [4.78, 5) is 4.59. The lowest BCUT2D eigenvalue weighted by Crippen LogP contribution is -2.17. The summed E-state index contributed by atoms with van der Waals surface area (Å²) in [6.07, 6.45) is 0.547. The molecule has 5 nitrogen and oxygen atoms in total. The van der Waals surface area contributed by atoms with E-state index in [0.717, 1.165) is 29.0 Å². The average molecular weight is 419 g/mol. The van der Waals surface area contributed by atoms with E-state index in [1.54, 1.807) is 23.9 Å². The molecule has 0 radical (unpaired) electrons. The normalized spacial score (nSPS) is 15.1. The number of benzene rings is 2. The van der Waals surface area contributed by atoms with E-state index < -0.39 is 6.23 Å². The second-order valence-corrected chi connectivity index (χ2v) is 7.83. The maximum absolute atomic E-state index is 6.20. The average Bonchev–Trinajstić information content (AvgIpc) is 2.85. The van der Waals surface area contributed by atoms with Crippen LogP contribution >= 0.6 is 35.0 Å². The predicted molar refractivity (Wildman–Crippen MR) is 110 cm³/mol. The maximum Gasteiger partial charge on any atom is 0.247 e. The Bertz CT molecular complexity index is 986. The summed E-state index contributed by atoms with van der Waals surface area (Å²) in [5, 5.41) is 13.6. The molecule has 1 aromatic heterocycles. The summed E-state index contributed by atoms with van der Waals surface area (Å²) in [5.41, 5.74) is 3.23. The Morgan fingerprint density at radius 1 is 1.11 bits per heavy atom. The molecule has 3 aromatic rings. The molecule has 1 N–H and O–H groups in total. The van der Waals surface area contributed by atoms with Gasteiger partial charge in [0, 0.05) is 22.6 Å². The molecule has 8 heteroatoms. The minimum absolute atomic E-state index is 0.442. The fourth-order valence-electron chi connectivity index (χ4n) is 2.73. The lowest BCUT2D eigenvalue weighted by atomic mass is 10.1. The van der Waals surface area contributed by atoms with Gasteiger partial charge in [0.05, 0.1) is 10.0 Å². The molecule has 0 amide bonds. The van der Waals surface area contributed by atoms with Gasteiger partial charge in [-0.2, -0.15) is 4.98 Å². The zero-order chi connectivity index (χ0) is 18.8. The van der Waals surface area contributed by atoms with Gasteiger partial charge in [-0.1, -0.05) is 66.2 Å². The summed E-state index contributed by atoms with van der Waals surface area (Å²) in [7, 11) is 0. The summed E-state index contributed by atoms with van der Waals surface area (Å²) < 4.78 is 6.20. The Morgan fingerprint density at radius 3 is 2.78 bits per heavy atom. The highest BCUT2D eigenvalue weighted by atomic mass is 35.5. The smallest absolute Gasteiger partial charge is 0.247 e. The molecule has 2 heterocycles. The van der Waals surface area contributed by atoms with Crippen LogP contribution in [-0.2, 0) is 0 Å². The molecular formula is C19H16Cl2N4OS. The van der Waals surface area contributed by atoms with Crippen LogP contribution in [0.3, 0.4) is 0 Å². The first-order valence-electron chi connectivity index (χ1n) is 8.50. The monoisotopic (exact) mass is 418 g/mol. The molecule has 0 saturated heterocycles. The van der Waals surface area contributed by atoms with Gasteiger partial charge in [-0.25, -0.2) is 0 Å². The SMILES string of the molecule is CCCSc1nnc2c(n1)O[C@@H](c1ccc(Cl)c(Cl)c1)Nc1ccccc1-2. The van der Waals surface area contributed by atoms with Gasteiger partial charge in [-0.05, 0) is 24.6 Å². The van der Waals surface area contributed by atoms with E-state index in [0.29, 0.717) is 26.8 Å². The maximum atomic E-state index is 6.20. The zero-order valence-corrected chi connectivity index (χ0v) is 16.8. The van der Waals surface area contributed by atoms with E-state index in [1.807, 2.05) is 30.3 Å². The Labute approximate surface area is 171 Å². The second-order valence-electron chi connectivity index (χ2n) is 5.96. The molecule has 0 bridgehead atoms. The van der Waals surface area contributed by atoms with Crippen LogP contribution in [0, 0.1) is 0 Å². The third-order valence-corrected chi connectivity index (χ3v) is 5.80. The molecule has 1 aliphatic rings. The summed E-state index contributed by atoms with van der Waals surface area (Å²) >= 11 is 13.8. The van der Waals surface area contributed by atoms with E-state index in [4.69, 9.17) is 27.9 Å². The number of anilines is 1. The quantitative estimate of drug-likeness (QED) is 0.536. The third kappa shape index (κ3) is 3.83. The first-order chi connectivity index (χ1) is 13.2. The number of rotatable bonds is 4. The van der Waals surface area contributed by atoms with Gasteiger partial charge in [0.1, 0.15) is 0 Å². The van der Waals surface area contributed by atoms with E-state index in [9.17, 15) is 0 Å². The number of para-hydroxylation sites is 1. The Morgan fingerprint density at radius 2 is 1.96 bits per heavy atom. The van der Waals surface area contributed by atoms with Crippen molar-refractivity contribution in [1.29, 1.82) is 0 Å². The van der Waals surface area contributed by atoms with Gasteiger partial charge in [-0.15, -0.1) is 10.2 Å². The van der Waals surface area contributed by atoms with Crippen LogP contribution in [0.1, 0.15) is 25.1 Å². The minimum Gasteiger partial charge on any atom is -0.448 e. The first kappa shape index (κ1) is 18.3. The van der Waals surface area contributed by atoms with Crippen molar-refractivity contribution in [2.75, 3.05) is 11.1 Å². The molecule has 0 unspecified atom stereocenters. The van der Waals surface area contributed by atoms with Crippen molar-refractivity contribution in [3.8, 4) is 17.1 Å². The van der Waals surface area contributed by atoms with Gasteiger partial charge < -0.3 is 10.1 Å². The van der Waals surface area contributed by atoms with Gasteiger partial charge in [0.2, 0.25) is 11.0 Å². The second kappa shape index (κ2) is 7.92. The van der Waals surface area contributed by atoms with Crippen molar-refractivity contribution in [3.05, 3.63) is 58.1 Å². The topological polar surface area (TPSA) is 59.9 Å². The number of nitrogens with one attached hydrogen (secondary N) is 1. The third-order valence-electron chi connectivity index (χ3n) is 4.02. The molecule has 0 aliphatic carbocycles. The minimum atomic E-state index is -0.483. The van der Waals surface area contributed by atoms with E-state index in [2.05, 4.69) is 27.4 Å². The Kier molecular flexibility index (Phi) is 5.38. The van der Waals surface area contributed by atoms with Crippen LogP contribution in [0.4, 0.5) is 5.69 Å². The largest absolute Gasteiger partial charge is 0.448 e. The number of aromatic nitrogens is 3. The lowest BCUT2D eigenvalue weighted by molar-refractivity contribution is 0.225. The first-order valence-corrected chi connectivity index (χ1v) is 10.2. The van der Waals surface area contributed by atoms with Crippen LogP contribution in [0.25, 0.3) is 11.3 Å². The van der Waals surface area contributed by atoms with E-state index in [-0.39, 0.29) is 0 Å². The number of halogens is 2. The molecule has 1 aliphatic heterocycles. The van der Waals surface area contributed by atoms with Crippen molar-refractivity contribution < 1.29 is 4.74 Å². The highest BCUT2D eigenvalue weighted by molar-refractivity contribution is 7.99. The van der Waals surface area contributed by atoms with Crippen molar-refractivity contribution in [1.82, 2.24) is 15.2 Å². The molecule has 0 fully saturated rings. The highest BCUT2D eigenvalue weighted by Crippen LogP contribution is 2.40. The van der Waals surface area contributed by atoms with E-state index in [1.165, 1.54) is 0 Å². The highest BCUT2D eigenvalue weighted by Gasteiger charge is 2.26. The number of thioether (sulfide) groups is 1. The van der Waals surface area contributed by atoms with Gasteiger partial charge in [0.15, 0.2) is 11.9 Å². The van der Waals surface area contributed by atoms with Crippen molar-refractivity contribution in [2.45, 2.75) is 24.7 Å². The van der Waals surface area contributed by atoms with Crippen LogP contribution in [0.2, 0.25) is 10.0 Å². The molecular weight excluding hydrogens is 403 g/mol. The van der Waals surface area contributed by atoms with E-state index >= 15 is 0 Å². The van der Waals surface area contributed by atoms with Gasteiger partial charge in [0.25, 0.3) is 0 Å². The number of ether oxygens (including phenoxy) is 1. The molecule has 0 saturated carbocycles. The molecule has 2 aromatic carbocycles. The van der Waals surface area contributed by atoms with Crippen LogP contribution < -0.4 is 10.1 Å². The van der Waals surface area contributed by atoms with Crippen LogP contribution in [0.15, 0.2) is 47.6 Å². The summed E-state index contributed by atoms with van der Waals surface area (Å²) in [6, 6.07) is 13.3. The Balaban J connectivity index is 1.79. The van der Waals surface area contributed by atoms with Gasteiger partial charge in [-0.3, -0.25) is 0 Å². The predicted octanol–water partition coefficient (Wildman–Crippen LogP) is 5.85. The van der Waals surface area contributed by atoms with Crippen molar-refractivity contribution >= 4 is 40.7 Å². The van der Waals surface area contributed by atoms with Gasteiger partial charge >= 0.3 is 0 Å². The standard InChI is InChI=1S/C19H16Cl2N4OS/c1-2-9-27-19-23-18-16(24-25-19)12-5-3-4-6-15(12)22-17(26-18)11-7-8-13(20)14(21)10-11/h3-8,10,17,22H,2,9H2,1H3/t17-/m0/s1. The fourth-order valence-corrected chi connectivity index (χ4v) is 3.67.